The van der Waals surface area contributed by atoms with E-state index in [0.717, 1.165) is 12.3 Å². The number of halogens is 6. The lowest BCUT2D eigenvalue weighted by Gasteiger charge is -2.19. The minimum Gasteiger partial charge on any atom is -0.383 e. The number of carbonyl (C=O) groups is 1. The molecule has 4 nitrogen and oxygen atoms in total. The molecule has 2 rings (SSSR count). The average Bonchev–Trinajstić information content (AvgIpc) is 2.83. The number of hydrogen-bond donors (Lipinski definition) is 2. The summed E-state index contributed by atoms with van der Waals surface area (Å²) in [6.45, 7) is 3.29. The predicted octanol–water partition coefficient (Wildman–Crippen LogP) is 2.55. The van der Waals surface area contributed by atoms with E-state index in [2.05, 4.69) is 16.2 Å². The molecule has 0 saturated heterocycles. The number of nitrogen functional groups attached to an aromatic ring is 1. The summed E-state index contributed by atoms with van der Waals surface area (Å²) >= 11 is 0. The molecule has 10 heteroatoms. The van der Waals surface area contributed by atoms with Gasteiger partial charge in [-0.25, -0.2) is 13.8 Å². The van der Waals surface area contributed by atoms with E-state index in [0.29, 0.717) is 0 Å². The first-order valence-electron chi connectivity index (χ1n) is 6.37. The van der Waals surface area contributed by atoms with Crippen LogP contribution in [0.15, 0.2) is 12.3 Å². The number of pyridine rings is 1. The topological polar surface area (TPSA) is 68.0 Å². The van der Waals surface area contributed by atoms with Crippen molar-refractivity contribution in [2.75, 3.05) is 5.73 Å². The summed E-state index contributed by atoms with van der Waals surface area (Å²) in [5.74, 6) is -7.61. The number of amides is 1. The van der Waals surface area contributed by atoms with Crippen molar-refractivity contribution in [1.29, 1.82) is 0 Å². The molecule has 0 bridgehead atoms. The first kappa shape index (κ1) is 19.6. The Labute approximate surface area is 133 Å². The van der Waals surface area contributed by atoms with Crippen molar-refractivity contribution < 1.29 is 31.1 Å². The number of rotatable bonds is 2. The quantitative estimate of drug-likeness (QED) is 0.634. The number of nitrogens with one attached hydrogen (secondary N) is 1. The highest BCUT2D eigenvalue weighted by Gasteiger charge is 2.87. The maximum Gasteiger partial charge on any atom is 0.350 e. The average molecular weight is 353 g/mol. The molecule has 0 radical (unpaired) electrons. The molecule has 1 fully saturated rings. The van der Waals surface area contributed by atoms with Gasteiger partial charge >= 0.3 is 11.8 Å². The lowest BCUT2D eigenvalue weighted by molar-refractivity contribution is -0.0278. The molecule has 0 aromatic carbocycles. The van der Waals surface area contributed by atoms with Crippen LogP contribution in [0.4, 0.5) is 32.2 Å². The highest BCUT2D eigenvalue weighted by molar-refractivity contribution is 5.98. The van der Waals surface area contributed by atoms with Crippen molar-refractivity contribution in [3.63, 3.8) is 0 Å². The Bertz CT molecular complexity index is 670. The molecule has 0 aliphatic heterocycles. The number of nitrogens with zero attached hydrogens (tertiary/aromatic N) is 1. The summed E-state index contributed by atoms with van der Waals surface area (Å²) < 4.78 is 68.8. The lowest BCUT2D eigenvalue weighted by Crippen LogP contribution is -2.42. The van der Waals surface area contributed by atoms with Crippen LogP contribution in [0.2, 0.25) is 0 Å². The fraction of sp³-hybridized carbons (Fsp3) is 0.429. The van der Waals surface area contributed by atoms with Crippen molar-refractivity contribution in [1.82, 2.24) is 10.3 Å². The van der Waals surface area contributed by atoms with Crippen LogP contribution in [0.25, 0.3) is 0 Å². The minimum absolute atomic E-state index is 0.0247. The number of carbonyl (C=O) groups excluding carboxylic acids is 1. The van der Waals surface area contributed by atoms with Gasteiger partial charge in [0, 0.05) is 0 Å². The van der Waals surface area contributed by atoms with Crippen LogP contribution >= 0.6 is 0 Å². The Morgan fingerprint density at radius 1 is 1.38 bits per heavy atom. The van der Waals surface area contributed by atoms with Gasteiger partial charge in [-0.3, -0.25) is 4.79 Å². The molecular formula is C14H13F6N3O. The van der Waals surface area contributed by atoms with Gasteiger partial charge in [0.2, 0.25) is 6.17 Å². The molecule has 0 atom stereocenters. The highest BCUT2D eigenvalue weighted by Crippen LogP contribution is 2.58. The van der Waals surface area contributed by atoms with Gasteiger partial charge in [0.1, 0.15) is 11.6 Å². The normalized spacial score (nSPS) is 18.0. The second-order valence-electron chi connectivity index (χ2n) is 5.42. The van der Waals surface area contributed by atoms with Gasteiger partial charge in [-0.1, -0.05) is 5.92 Å². The molecule has 24 heavy (non-hydrogen) atoms. The SMILES string of the molecule is C#CC(C)(C)NC(=O)c1cc(F)cnc1N.FC1C(F)(F)C1(F)F. The molecule has 1 heterocycles. The van der Waals surface area contributed by atoms with Gasteiger partial charge in [0.25, 0.3) is 5.91 Å². The van der Waals surface area contributed by atoms with Gasteiger partial charge in [0.05, 0.1) is 17.3 Å². The van der Waals surface area contributed by atoms with E-state index >= 15 is 0 Å². The van der Waals surface area contributed by atoms with Gasteiger partial charge in [-0.2, -0.15) is 17.6 Å². The second kappa shape index (κ2) is 6.22. The van der Waals surface area contributed by atoms with Crippen LogP contribution in [0, 0.1) is 18.2 Å². The van der Waals surface area contributed by atoms with Crippen LogP contribution in [0.1, 0.15) is 24.2 Å². The largest absolute Gasteiger partial charge is 0.383 e. The first-order valence-corrected chi connectivity index (χ1v) is 6.37. The molecule has 0 unspecified atom stereocenters. The Kier molecular flexibility index (Phi) is 5.08. The van der Waals surface area contributed by atoms with Gasteiger partial charge in [-0.05, 0) is 19.9 Å². The zero-order valence-corrected chi connectivity index (χ0v) is 12.5. The molecule has 1 saturated carbocycles. The third kappa shape index (κ3) is 3.90. The van der Waals surface area contributed by atoms with Crippen LogP contribution in [0.5, 0.6) is 0 Å². The zero-order valence-electron chi connectivity index (χ0n) is 12.5. The van der Waals surface area contributed by atoms with Crippen molar-refractivity contribution in [2.45, 2.75) is 37.4 Å². The van der Waals surface area contributed by atoms with Gasteiger partial charge in [0.15, 0.2) is 0 Å². The Balaban J connectivity index is 0.000000300. The van der Waals surface area contributed by atoms with E-state index < -0.39 is 35.3 Å². The van der Waals surface area contributed by atoms with E-state index in [1.165, 1.54) is 0 Å². The number of anilines is 1. The predicted molar refractivity (Wildman–Crippen MR) is 73.8 cm³/mol. The standard InChI is InChI=1S/C11H12FN3O.C3HF5/c1-4-11(2,3)15-10(16)8-5-7(12)6-14-9(8)13;4-1-2(5,6)3(1,7)8/h1,5-6H,2-3H3,(H2,13,14)(H,15,16);1H. The lowest BCUT2D eigenvalue weighted by atomic mass is 10.1. The first-order chi connectivity index (χ1) is 10.8. The Hall–Kier alpha value is -2.44. The monoisotopic (exact) mass is 353 g/mol. The number of nitrogens with two attached hydrogens (primary N) is 1. The van der Waals surface area contributed by atoms with Crippen molar-refractivity contribution in [2.24, 2.45) is 0 Å². The van der Waals surface area contributed by atoms with Gasteiger partial charge in [-0.15, -0.1) is 6.42 Å². The smallest absolute Gasteiger partial charge is 0.350 e. The second-order valence-corrected chi connectivity index (χ2v) is 5.42. The maximum absolute atomic E-state index is 12.9. The van der Waals surface area contributed by atoms with Crippen LogP contribution < -0.4 is 11.1 Å². The molecule has 1 aliphatic carbocycles. The van der Waals surface area contributed by atoms with E-state index in [-0.39, 0.29) is 11.4 Å². The molecule has 3 N–H and O–H groups in total. The van der Waals surface area contributed by atoms with E-state index in [1.54, 1.807) is 13.8 Å². The summed E-state index contributed by atoms with van der Waals surface area (Å²) in [5, 5.41) is 2.53. The van der Waals surface area contributed by atoms with Crippen molar-refractivity contribution in [3.8, 4) is 12.3 Å². The van der Waals surface area contributed by atoms with Gasteiger partial charge < -0.3 is 11.1 Å². The maximum atomic E-state index is 12.9. The number of alkyl halides is 5. The number of terminal acetylenes is 1. The minimum atomic E-state index is -4.40. The molecule has 132 valence electrons. The summed E-state index contributed by atoms with van der Waals surface area (Å²) in [5.41, 5.74) is 4.61. The molecule has 1 amide bonds. The highest BCUT2D eigenvalue weighted by atomic mass is 19.3. The Morgan fingerprint density at radius 3 is 2.21 bits per heavy atom. The zero-order chi connectivity index (χ0) is 18.9. The summed E-state index contributed by atoms with van der Waals surface area (Å²) in [6, 6.07) is 1.02. The van der Waals surface area contributed by atoms with Crippen LogP contribution in [-0.2, 0) is 0 Å². The van der Waals surface area contributed by atoms with E-state index in [9.17, 15) is 31.1 Å². The molecular weight excluding hydrogens is 340 g/mol. The van der Waals surface area contributed by atoms with Crippen LogP contribution in [0.3, 0.4) is 0 Å². The number of hydrogen-bond acceptors (Lipinski definition) is 3. The van der Waals surface area contributed by atoms with E-state index in [1.807, 2.05) is 0 Å². The van der Waals surface area contributed by atoms with Crippen molar-refractivity contribution in [3.05, 3.63) is 23.6 Å². The summed E-state index contributed by atoms with van der Waals surface area (Å²) in [4.78, 5) is 15.2. The molecule has 1 aromatic heterocycles. The fourth-order valence-electron chi connectivity index (χ4n) is 1.32. The van der Waals surface area contributed by atoms with Crippen LogP contribution in [-0.4, -0.2) is 34.4 Å². The molecule has 0 spiro atoms. The fourth-order valence-corrected chi connectivity index (χ4v) is 1.32. The van der Waals surface area contributed by atoms with Crippen molar-refractivity contribution >= 4 is 11.7 Å². The third-order valence-electron chi connectivity index (χ3n) is 2.91. The summed E-state index contributed by atoms with van der Waals surface area (Å²) in [7, 11) is 0. The number of aromatic nitrogens is 1. The Morgan fingerprint density at radius 2 is 1.83 bits per heavy atom. The molecule has 1 aliphatic rings. The molecule has 1 aromatic rings. The summed E-state index contributed by atoms with van der Waals surface area (Å²) in [6.07, 6.45) is 2.90. The van der Waals surface area contributed by atoms with E-state index in [4.69, 9.17) is 12.2 Å². The third-order valence-corrected chi connectivity index (χ3v) is 2.91.